The lowest BCUT2D eigenvalue weighted by molar-refractivity contribution is 0.298. The van der Waals surface area contributed by atoms with Gasteiger partial charge in [-0.3, -0.25) is 0 Å². The van der Waals surface area contributed by atoms with Crippen molar-refractivity contribution in [1.82, 2.24) is 9.55 Å². The molecule has 0 unspecified atom stereocenters. The van der Waals surface area contributed by atoms with Crippen molar-refractivity contribution >= 4 is 11.0 Å². The number of hydrogen-bond donors (Lipinski definition) is 0. The first-order chi connectivity index (χ1) is 15.8. The maximum Gasteiger partial charge on any atom is 0.122 e. The van der Waals surface area contributed by atoms with Crippen LogP contribution in [0.4, 0.5) is 0 Å². The molecule has 0 atom stereocenters. The van der Waals surface area contributed by atoms with E-state index >= 15 is 0 Å². The van der Waals surface area contributed by atoms with Crippen molar-refractivity contribution in [3.8, 4) is 5.75 Å². The van der Waals surface area contributed by atoms with Crippen LogP contribution in [-0.2, 0) is 6.54 Å². The number of imidazole rings is 1. The average molecular weight is 419 g/mol. The molecule has 3 heteroatoms. The number of nitrogens with zero attached hydrogens (tertiary/aromatic N) is 2. The number of hydrogen-bond acceptors (Lipinski definition) is 2. The van der Waals surface area contributed by atoms with Crippen molar-refractivity contribution in [2.24, 2.45) is 0 Å². The Morgan fingerprint density at radius 3 is 1.97 bits per heavy atom. The van der Waals surface area contributed by atoms with Gasteiger partial charge in [0.05, 0.1) is 23.5 Å². The van der Waals surface area contributed by atoms with Gasteiger partial charge in [-0.25, -0.2) is 4.98 Å². The van der Waals surface area contributed by atoms with E-state index in [1.165, 1.54) is 16.7 Å². The fraction of sp³-hybridized carbons (Fsp3) is 0.138. The Morgan fingerprint density at radius 1 is 0.719 bits per heavy atom. The summed E-state index contributed by atoms with van der Waals surface area (Å²) < 4.78 is 8.39. The van der Waals surface area contributed by atoms with Crippen molar-refractivity contribution in [2.75, 3.05) is 6.61 Å². The molecule has 4 aromatic carbocycles. The summed E-state index contributed by atoms with van der Waals surface area (Å²) in [6.07, 6.45) is 0. The molecule has 1 heterocycles. The van der Waals surface area contributed by atoms with Gasteiger partial charge < -0.3 is 9.30 Å². The molecule has 0 aliphatic rings. The Bertz CT molecular complexity index is 1250. The van der Waals surface area contributed by atoms with Crippen LogP contribution in [0.3, 0.4) is 0 Å². The van der Waals surface area contributed by atoms with Gasteiger partial charge in [-0.1, -0.05) is 90.5 Å². The predicted octanol–water partition coefficient (Wildman–Crippen LogP) is 6.60. The fourth-order valence-electron chi connectivity index (χ4n) is 4.22. The van der Waals surface area contributed by atoms with E-state index in [0.717, 1.165) is 29.2 Å². The molecule has 0 saturated carbocycles. The minimum Gasteiger partial charge on any atom is -0.492 e. The summed E-state index contributed by atoms with van der Waals surface area (Å²) in [7, 11) is 0. The number of aromatic nitrogens is 2. The van der Waals surface area contributed by atoms with E-state index in [1.54, 1.807) is 0 Å². The molecule has 0 radical (unpaired) electrons. The van der Waals surface area contributed by atoms with Gasteiger partial charge in [0.1, 0.15) is 18.2 Å². The van der Waals surface area contributed by atoms with Crippen molar-refractivity contribution in [3.63, 3.8) is 0 Å². The molecule has 0 aliphatic heterocycles. The molecule has 0 bridgehead atoms. The van der Waals surface area contributed by atoms with E-state index in [4.69, 9.17) is 9.72 Å². The zero-order chi connectivity index (χ0) is 21.8. The summed E-state index contributed by atoms with van der Waals surface area (Å²) in [5.41, 5.74) is 5.83. The van der Waals surface area contributed by atoms with Crippen LogP contribution in [0.2, 0.25) is 0 Å². The summed E-state index contributed by atoms with van der Waals surface area (Å²) in [4.78, 5) is 5.11. The van der Waals surface area contributed by atoms with Crippen molar-refractivity contribution in [1.29, 1.82) is 0 Å². The number of rotatable bonds is 7. The first kappa shape index (κ1) is 20.1. The highest BCUT2D eigenvalue weighted by Gasteiger charge is 2.23. The van der Waals surface area contributed by atoms with Gasteiger partial charge in [-0.2, -0.15) is 0 Å². The molecule has 1 aromatic heterocycles. The highest BCUT2D eigenvalue weighted by molar-refractivity contribution is 5.76. The number of benzene rings is 4. The van der Waals surface area contributed by atoms with Crippen LogP contribution in [0.1, 0.15) is 28.4 Å². The SMILES string of the molecule is Cc1ccc(OCCn2c(C(c3ccccc3)c3ccccc3)nc3ccccc32)cc1. The second-order valence-electron chi connectivity index (χ2n) is 8.03. The van der Waals surface area contributed by atoms with Crippen molar-refractivity contribution < 1.29 is 4.74 Å². The highest BCUT2D eigenvalue weighted by Crippen LogP contribution is 2.33. The molecule has 0 aliphatic carbocycles. The van der Waals surface area contributed by atoms with Gasteiger partial charge >= 0.3 is 0 Å². The van der Waals surface area contributed by atoms with Crippen LogP contribution < -0.4 is 4.74 Å². The second kappa shape index (κ2) is 9.11. The molecular weight excluding hydrogens is 392 g/mol. The minimum atomic E-state index is 0.0455. The molecule has 0 amide bonds. The maximum atomic E-state index is 6.08. The van der Waals surface area contributed by atoms with Crippen LogP contribution in [0, 0.1) is 6.92 Å². The summed E-state index contributed by atoms with van der Waals surface area (Å²) >= 11 is 0. The summed E-state index contributed by atoms with van der Waals surface area (Å²) in [6, 6.07) is 37.8. The summed E-state index contributed by atoms with van der Waals surface area (Å²) in [6.45, 7) is 3.38. The zero-order valence-electron chi connectivity index (χ0n) is 18.2. The minimum absolute atomic E-state index is 0.0455. The van der Waals surface area contributed by atoms with Gasteiger partial charge in [0.25, 0.3) is 0 Å². The molecule has 158 valence electrons. The lowest BCUT2D eigenvalue weighted by atomic mass is 9.90. The number of aryl methyl sites for hydroxylation is 1. The summed E-state index contributed by atoms with van der Waals surface area (Å²) in [5.74, 6) is 1.98. The standard InChI is InChI=1S/C29H26N2O/c1-22-16-18-25(19-17-22)32-21-20-31-27-15-9-8-14-26(27)30-29(31)28(23-10-4-2-5-11-23)24-12-6-3-7-13-24/h2-19,28H,20-21H2,1H3. The van der Waals surface area contributed by atoms with Gasteiger partial charge in [-0.15, -0.1) is 0 Å². The molecule has 3 nitrogen and oxygen atoms in total. The monoisotopic (exact) mass is 418 g/mol. The Kier molecular flexibility index (Phi) is 5.71. The van der Waals surface area contributed by atoms with E-state index in [9.17, 15) is 0 Å². The normalized spacial score (nSPS) is 11.2. The molecule has 0 N–H and O–H groups in total. The van der Waals surface area contributed by atoms with Gasteiger partial charge in [0.2, 0.25) is 0 Å². The molecule has 0 saturated heterocycles. The highest BCUT2D eigenvalue weighted by atomic mass is 16.5. The van der Waals surface area contributed by atoms with Crippen LogP contribution in [0.25, 0.3) is 11.0 Å². The molecule has 5 rings (SSSR count). The lowest BCUT2D eigenvalue weighted by Gasteiger charge is -2.20. The molecule has 0 fully saturated rings. The van der Waals surface area contributed by atoms with E-state index in [1.807, 2.05) is 18.2 Å². The van der Waals surface area contributed by atoms with Crippen molar-refractivity contribution in [2.45, 2.75) is 19.4 Å². The van der Waals surface area contributed by atoms with E-state index in [-0.39, 0.29) is 5.92 Å². The first-order valence-electron chi connectivity index (χ1n) is 11.0. The maximum absolute atomic E-state index is 6.08. The second-order valence-corrected chi connectivity index (χ2v) is 8.03. The van der Waals surface area contributed by atoms with E-state index in [2.05, 4.69) is 102 Å². The number of para-hydroxylation sites is 2. The third kappa shape index (κ3) is 4.15. The Hall–Kier alpha value is -3.85. The van der Waals surface area contributed by atoms with Crippen molar-refractivity contribution in [3.05, 3.63) is 132 Å². The smallest absolute Gasteiger partial charge is 0.122 e. The van der Waals surface area contributed by atoms with Gasteiger partial charge in [0.15, 0.2) is 0 Å². The van der Waals surface area contributed by atoms with Gasteiger partial charge in [-0.05, 0) is 42.3 Å². The van der Waals surface area contributed by atoms with Crippen LogP contribution in [0.15, 0.2) is 109 Å². The quantitative estimate of drug-likeness (QED) is 0.298. The molecular formula is C29H26N2O. The van der Waals surface area contributed by atoms with Gasteiger partial charge in [0, 0.05) is 0 Å². The van der Waals surface area contributed by atoms with E-state index < -0.39 is 0 Å². The zero-order valence-corrected chi connectivity index (χ0v) is 18.2. The first-order valence-corrected chi connectivity index (χ1v) is 11.0. The number of ether oxygens (including phenoxy) is 1. The third-order valence-electron chi connectivity index (χ3n) is 5.81. The number of fused-ring (bicyclic) bond motifs is 1. The topological polar surface area (TPSA) is 27.1 Å². The molecule has 0 spiro atoms. The fourth-order valence-corrected chi connectivity index (χ4v) is 4.22. The predicted molar refractivity (Wildman–Crippen MR) is 130 cm³/mol. The third-order valence-corrected chi connectivity index (χ3v) is 5.81. The Morgan fingerprint density at radius 2 is 1.31 bits per heavy atom. The molecule has 5 aromatic rings. The van der Waals surface area contributed by atoms with Crippen LogP contribution in [-0.4, -0.2) is 16.2 Å². The average Bonchev–Trinajstić information content (AvgIpc) is 3.20. The Labute approximate surface area is 188 Å². The summed E-state index contributed by atoms with van der Waals surface area (Å²) in [5, 5.41) is 0. The van der Waals surface area contributed by atoms with E-state index in [0.29, 0.717) is 6.61 Å². The largest absolute Gasteiger partial charge is 0.492 e. The van der Waals surface area contributed by atoms with Crippen LogP contribution in [0.5, 0.6) is 5.75 Å². The lowest BCUT2D eigenvalue weighted by Crippen LogP contribution is -2.15. The van der Waals surface area contributed by atoms with Crippen LogP contribution >= 0.6 is 0 Å². The Balaban J connectivity index is 1.55. The molecule has 32 heavy (non-hydrogen) atoms.